The minimum Gasteiger partial charge on any atom is -0.770 e. The maximum atomic E-state index is 10.8. The van der Waals surface area contributed by atoms with Gasteiger partial charge in [0.1, 0.15) is 5.75 Å². The third kappa shape index (κ3) is 4.31. The molecule has 15 heavy (non-hydrogen) atoms. The lowest BCUT2D eigenvalue weighted by Gasteiger charge is -2.23. The largest absolute Gasteiger partial charge is 0.770 e. The van der Waals surface area contributed by atoms with Crippen molar-refractivity contribution in [3.05, 3.63) is 29.8 Å². The minimum atomic E-state index is -3.86. The molecule has 1 aromatic carbocycles. The zero-order valence-electron chi connectivity index (χ0n) is 8.93. The normalized spacial score (nSPS) is 15.8. The number of hydrogen-bond acceptors (Lipinski definition) is 3. The maximum absolute atomic E-state index is 10.8. The van der Waals surface area contributed by atoms with Gasteiger partial charge < -0.3 is 14.3 Å². The van der Waals surface area contributed by atoms with E-state index in [1.165, 1.54) is 0 Å². The maximum Gasteiger partial charge on any atom is 0.166 e. The van der Waals surface area contributed by atoms with E-state index in [9.17, 15) is 4.89 Å². The van der Waals surface area contributed by atoms with Crippen molar-refractivity contribution < 1.29 is 14.3 Å². The van der Waals surface area contributed by atoms with Crippen molar-refractivity contribution in [1.82, 2.24) is 0 Å². The Hall–Kier alpha value is -0.410. The Morgan fingerprint density at radius 1 is 1.27 bits per heavy atom. The van der Waals surface area contributed by atoms with Crippen LogP contribution in [0.2, 0.25) is 0 Å². The third-order valence-electron chi connectivity index (χ3n) is 1.94. The fourth-order valence-electron chi connectivity index (χ4n) is 1.15. The Morgan fingerprint density at radius 2 is 1.73 bits per heavy atom. The van der Waals surface area contributed by atoms with Gasteiger partial charge in [0.25, 0.3) is 0 Å². The standard InChI is InChI=1S/C10H15O3PS/c1-10(2,3)8-4-6-9(7-5-8)13-14(11,12)15/h4-7H,1-3H3,(H2,11,12,15)/p-1. The van der Waals surface area contributed by atoms with Crippen molar-refractivity contribution in [2.24, 2.45) is 0 Å². The zero-order chi connectivity index (χ0) is 11.7. The van der Waals surface area contributed by atoms with Crippen molar-refractivity contribution in [2.45, 2.75) is 26.2 Å². The average Bonchev–Trinajstić information content (AvgIpc) is 2.00. The van der Waals surface area contributed by atoms with Gasteiger partial charge in [-0.2, -0.15) is 0 Å². The van der Waals surface area contributed by atoms with E-state index in [-0.39, 0.29) is 5.41 Å². The first kappa shape index (κ1) is 12.7. The highest BCUT2D eigenvalue weighted by Crippen LogP contribution is 2.34. The SMILES string of the molecule is CC(C)(C)c1ccc(OP([O-])(O)=S)cc1. The molecule has 1 unspecified atom stereocenters. The van der Waals surface area contributed by atoms with Gasteiger partial charge in [-0.15, -0.1) is 0 Å². The van der Waals surface area contributed by atoms with E-state index in [2.05, 4.69) is 32.6 Å². The van der Waals surface area contributed by atoms with Crippen LogP contribution in [-0.2, 0) is 17.2 Å². The molecule has 1 aromatic rings. The van der Waals surface area contributed by atoms with Crippen molar-refractivity contribution in [2.75, 3.05) is 0 Å². The predicted octanol–water partition coefficient (Wildman–Crippen LogP) is 1.94. The van der Waals surface area contributed by atoms with Crippen LogP contribution in [0.15, 0.2) is 24.3 Å². The molecule has 0 fully saturated rings. The van der Waals surface area contributed by atoms with E-state index >= 15 is 0 Å². The van der Waals surface area contributed by atoms with E-state index in [4.69, 9.17) is 9.42 Å². The summed E-state index contributed by atoms with van der Waals surface area (Å²) in [6.07, 6.45) is 0. The molecule has 0 radical (unpaired) electrons. The lowest BCUT2D eigenvalue weighted by atomic mass is 9.87. The molecular formula is C10H14O3PS-. The fraction of sp³-hybridized carbons (Fsp3) is 0.400. The van der Waals surface area contributed by atoms with Crippen molar-refractivity contribution >= 4 is 18.5 Å². The molecule has 0 aliphatic rings. The van der Waals surface area contributed by atoms with E-state index in [1.54, 1.807) is 12.1 Å². The molecule has 0 bridgehead atoms. The topological polar surface area (TPSA) is 52.5 Å². The summed E-state index contributed by atoms with van der Waals surface area (Å²) in [6.45, 7) is 2.41. The Balaban J connectivity index is 2.87. The Bertz CT molecular complexity index is 375. The van der Waals surface area contributed by atoms with Gasteiger partial charge in [0, 0.05) is 0 Å². The molecule has 0 saturated carbocycles. The number of rotatable bonds is 2. The molecule has 0 aliphatic heterocycles. The highest BCUT2D eigenvalue weighted by Gasteiger charge is 2.13. The molecule has 84 valence electrons. The lowest BCUT2D eigenvalue weighted by Crippen LogP contribution is -2.10. The summed E-state index contributed by atoms with van der Waals surface area (Å²) in [5.41, 5.74) is 1.18. The molecule has 1 rings (SSSR count). The predicted molar refractivity (Wildman–Crippen MR) is 62.3 cm³/mol. The summed E-state index contributed by atoms with van der Waals surface area (Å²) >= 11 is 4.26. The summed E-state index contributed by atoms with van der Waals surface area (Å²) in [4.78, 5) is 19.7. The Labute approximate surface area is 95.0 Å². The molecule has 0 aromatic heterocycles. The first-order chi connectivity index (χ1) is 6.68. The van der Waals surface area contributed by atoms with Gasteiger partial charge in [-0.25, -0.2) is 0 Å². The van der Waals surface area contributed by atoms with Crippen LogP contribution in [0, 0.1) is 0 Å². The van der Waals surface area contributed by atoms with Crippen LogP contribution in [0.1, 0.15) is 26.3 Å². The first-order valence-corrected chi connectivity index (χ1v) is 7.11. The highest BCUT2D eigenvalue weighted by molar-refractivity contribution is 8.06. The fourth-order valence-corrected chi connectivity index (χ4v) is 1.80. The third-order valence-corrected chi connectivity index (χ3v) is 2.61. The summed E-state index contributed by atoms with van der Waals surface area (Å²) in [5, 5.41) is 0. The van der Waals surface area contributed by atoms with Crippen LogP contribution in [0.25, 0.3) is 0 Å². The van der Waals surface area contributed by atoms with Gasteiger partial charge in [-0.1, -0.05) is 32.9 Å². The van der Waals surface area contributed by atoms with Crippen LogP contribution in [0.5, 0.6) is 5.75 Å². The van der Waals surface area contributed by atoms with Gasteiger partial charge in [0.2, 0.25) is 0 Å². The Morgan fingerprint density at radius 3 is 2.07 bits per heavy atom. The summed E-state index contributed by atoms with van der Waals surface area (Å²) in [7, 11) is 0. The lowest BCUT2D eigenvalue weighted by molar-refractivity contribution is -0.193. The minimum absolute atomic E-state index is 0.0510. The van der Waals surface area contributed by atoms with Crippen molar-refractivity contribution in [1.29, 1.82) is 0 Å². The Kier molecular flexibility index (Phi) is 3.56. The van der Waals surface area contributed by atoms with Gasteiger partial charge >= 0.3 is 0 Å². The number of benzene rings is 1. The summed E-state index contributed by atoms with van der Waals surface area (Å²) in [6, 6.07) is 7.02. The molecule has 3 nitrogen and oxygen atoms in total. The van der Waals surface area contributed by atoms with Gasteiger partial charge in [0.15, 0.2) is 6.72 Å². The van der Waals surface area contributed by atoms with Crippen LogP contribution in [-0.4, -0.2) is 4.89 Å². The quantitative estimate of drug-likeness (QED) is 0.809. The molecule has 0 amide bonds. The zero-order valence-corrected chi connectivity index (χ0v) is 10.6. The van der Waals surface area contributed by atoms with Crippen LogP contribution >= 0.6 is 6.72 Å². The van der Waals surface area contributed by atoms with Gasteiger partial charge in [-0.3, -0.25) is 0 Å². The van der Waals surface area contributed by atoms with E-state index in [1.807, 2.05) is 12.1 Å². The highest BCUT2D eigenvalue weighted by atomic mass is 32.5. The van der Waals surface area contributed by atoms with E-state index < -0.39 is 6.72 Å². The van der Waals surface area contributed by atoms with Gasteiger partial charge in [-0.05, 0) is 34.9 Å². The second kappa shape index (κ2) is 4.22. The van der Waals surface area contributed by atoms with E-state index in [0.717, 1.165) is 5.56 Å². The average molecular weight is 245 g/mol. The monoisotopic (exact) mass is 245 g/mol. The smallest absolute Gasteiger partial charge is 0.166 e. The van der Waals surface area contributed by atoms with Crippen LogP contribution in [0.3, 0.4) is 0 Å². The molecule has 0 spiro atoms. The molecule has 0 heterocycles. The summed E-state index contributed by atoms with van der Waals surface area (Å²) in [5.74, 6) is 0.323. The number of hydrogen-bond donors (Lipinski definition) is 1. The molecule has 1 N–H and O–H groups in total. The van der Waals surface area contributed by atoms with Crippen molar-refractivity contribution in [3.63, 3.8) is 0 Å². The molecule has 1 atom stereocenters. The van der Waals surface area contributed by atoms with Crippen molar-refractivity contribution in [3.8, 4) is 5.75 Å². The molecule has 5 heteroatoms. The van der Waals surface area contributed by atoms with Gasteiger partial charge in [0.05, 0.1) is 0 Å². The van der Waals surface area contributed by atoms with Crippen LogP contribution in [0.4, 0.5) is 0 Å². The molecule has 0 saturated heterocycles. The molecule has 0 aliphatic carbocycles. The second-order valence-electron chi connectivity index (χ2n) is 4.33. The van der Waals surface area contributed by atoms with E-state index in [0.29, 0.717) is 5.75 Å². The second-order valence-corrected chi connectivity index (χ2v) is 6.84. The van der Waals surface area contributed by atoms with Crippen LogP contribution < -0.4 is 9.42 Å². The first-order valence-electron chi connectivity index (χ1n) is 4.52. The molecular weight excluding hydrogens is 231 g/mol. The summed E-state index contributed by atoms with van der Waals surface area (Å²) < 4.78 is 4.70.